The third-order valence-corrected chi connectivity index (χ3v) is 8.49. The number of para-hydroxylation sites is 1. The van der Waals surface area contributed by atoms with Crippen molar-refractivity contribution >= 4 is 35.1 Å². The van der Waals surface area contributed by atoms with E-state index in [9.17, 15) is 9.59 Å². The first-order valence-corrected chi connectivity index (χ1v) is 13.1. The molecule has 6 nitrogen and oxygen atoms in total. The number of amides is 2. The summed E-state index contributed by atoms with van der Waals surface area (Å²) < 4.78 is 0. The predicted molar refractivity (Wildman–Crippen MR) is 136 cm³/mol. The highest BCUT2D eigenvalue weighted by molar-refractivity contribution is 7.99. The molecule has 2 aromatic carbocycles. The Hall–Kier alpha value is -2.64. The maximum absolute atomic E-state index is 12.7. The molecule has 34 heavy (non-hydrogen) atoms. The molecule has 0 radical (unpaired) electrons. The molecular weight excluding hydrogens is 444 g/mol. The van der Waals surface area contributed by atoms with E-state index in [1.54, 1.807) is 11.8 Å². The standard InChI is InChI=1S/C27H32N4O2S/c1-3-27(2)19-24(32)31(26(27)33)14-8-13-29-15-17-30(18-16-29)25-20-9-4-6-11-22(20)34-23-12-7-5-10-21(23)28-25/h4-7,9-12H,3,8,13-19H2,1-2H3. The van der Waals surface area contributed by atoms with E-state index in [0.717, 1.165) is 50.7 Å². The van der Waals surface area contributed by atoms with Crippen molar-refractivity contribution in [2.45, 2.75) is 42.9 Å². The van der Waals surface area contributed by atoms with E-state index in [-0.39, 0.29) is 11.8 Å². The second-order valence-electron chi connectivity index (χ2n) is 9.63. The topological polar surface area (TPSA) is 56.2 Å². The number of hydrogen-bond acceptors (Lipinski definition) is 6. The molecule has 0 saturated carbocycles. The molecule has 0 N–H and O–H groups in total. The van der Waals surface area contributed by atoms with Gasteiger partial charge in [-0.15, -0.1) is 0 Å². The van der Waals surface area contributed by atoms with Crippen molar-refractivity contribution in [3.63, 3.8) is 0 Å². The van der Waals surface area contributed by atoms with Gasteiger partial charge in [0.1, 0.15) is 5.84 Å². The van der Waals surface area contributed by atoms with Gasteiger partial charge in [-0.1, -0.05) is 55.9 Å². The van der Waals surface area contributed by atoms with Crippen LogP contribution in [-0.4, -0.2) is 71.6 Å². The Bertz CT molecular complexity index is 1130. The number of likely N-dealkylation sites (tertiary alicyclic amines) is 1. The van der Waals surface area contributed by atoms with Crippen molar-refractivity contribution in [3.8, 4) is 0 Å². The van der Waals surface area contributed by atoms with E-state index in [1.807, 2.05) is 19.9 Å². The zero-order valence-corrected chi connectivity index (χ0v) is 20.8. The van der Waals surface area contributed by atoms with Crippen LogP contribution in [-0.2, 0) is 9.59 Å². The van der Waals surface area contributed by atoms with E-state index < -0.39 is 5.41 Å². The molecule has 2 saturated heterocycles. The Kier molecular flexibility index (Phi) is 6.49. The Morgan fingerprint density at radius 2 is 1.65 bits per heavy atom. The van der Waals surface area contributed by atoms with Gasteiger partial charge in [0.05, 0.1) is 11.1 Å². The summed E-state index contributed by atoms with van der Waals surface area (Å²) in [6.07, 6.45) is 1.89. The van der Waals surface area contributed by atoms with Crippen molar-refractivity contribution in [1.82, 2.24) is 14.7 Å². The number of imide groups is 1. The third-order valence-electron chi connectivity index (χ3n) is 7.35. The summed E-state index contributed by atoms with van der Waals surface area (Å²) in [4.78, 5) is 38.9. The Balaban J connectivity index is 1.21. The van der Waals surface area contributed by atoms with Gasteiger partial charge in [-0.05, 0) is 37.6 Å². The molecule has 0 bridgehead atoms. The molecule has 3 aliphatic heterocycles. The summed E-state index contributed by atoms with van der Waals surface area (Å²) in [5, 5.41) is 0. The molecule has 5 rings (SSSR count). The first-order chi connectivity index (χ1) is 16.5. The van der Waals surface area contributed by atoms with Crippen LogP contribution >= 0.6 is 11.8 Å². The summed E-state index contributed by atoms with van der Waals surface area (Å²) in [5.41, 5.74) is 1.72. The van der Waals surface area contributed by atoms with Crippen LogP contribution in [0.15, 0.2) is 63.3 Å². The number of piperazine rings is 1. The van der Waals surface area contributed by atoms with Gasteiger partial charge in [0.2, 0.25) is 11.8 Å². The number of nitrogens with zero attached hydrogens (tertiary/aromatic N) is 4. The fourth-order valence-electron chi connectivity index (χ4n) is 4.99. The highest BCUT2D eigenvalue weighted by atomic mass is 32.2. The van der Waals surface area contributed by atoms with Crippen LogP contribution in [0.1, 0.15) is 38.7 Å². The first-order valence-electron chi connectivity index (χ1n) is 12.3. The number of fused-ring (bicyclic) bond motifs is 2. The maximum atomic E-state index is 12.7. The minimum atomic E-state index is -0.505. The fraction of sp³-hybridized carbons (Fsp3) is 0.444. The van der Waals surface area contributed by atoms with Crippen molar-refractivity contribution in [2.75, 3.05) is 39.3 Å². The lowest BCUT2D eigenvalue weighted by Crippen LogP contribution is -2.49. The van der Waals surface area contributed by atoms with Crippen LogP contribution in [0.4, 0.5) is 5.69 Å². The number of amidine groups is 1. The molecule has 2 fully saturated rings. The Labute approximate surface area is 206 Å². The van der Waals surface area contributed by atoms with E-state index in [2.05, 4.69) is 52.3 Å². The average molecular weight is 477 g/mol. The summed E-state index contributed by atoms with van der Waals surface area (Å²) in [6, 6.07) is 16.9. The van der Waals surface area contributed by atoms with Gasteiger partial charge in [0, 0.05) is 54.5 Å². The van der Waals surface area contributed by atoms with Crippen LogP contribution in [0.5, 0.6) is 0 Å². The van der Waals surface area contributed by atoms with Gasteiger partial charge < -0.3 is 4.90 Å². The number of carbonyl (C=O) groups excluding carboxylic acids is 2. The van der Waals surface area contributed by atoms with Crippen molar-refractivity contribution in [3.05, 3.63) is 54.1 Å². The van der Waals surface area contributed by atoms with Crippen LogP contribution in [0.3, 0.4) is 0 Å². The van der Waals surface area contributed by atoms with Crippen molar-refractivity contribution in [1.29, 1.82) is 0 Å². The third kappa shape index (κ3) is 4.39. The average Bonchev–Trinajstić information content (AvgIpc) is 2.98. The van der Waals surface area contributed by atoms with Gasteiger partial charge in [-0.3, -0.25) is 19.4 Å². The first kappa shape index (κ1) is 23.1. The van der Waals surface area contributed by atoms with E-state index in [1.165, 1.54) is 20.3 Å². The molecule has 178 valence electrons. The van der Waals surface area contributed by atoms with E-state index in [0.29, 0.717) is 19.4 Å². The quantitative estimate of drug-likeness (QED) is 0.599. The number of benzene rings is 2. The number of aliphatic imine (C=N–C) groups is 1. The second-order valence-corrected chi connectivity index (χ2v) is 10.7. The molecule has 2 amide bonds. The van der Waals surface area contributed by atoms with Gasteiger partial charge in [0.15, 0.2) is 0 Å². The summed E-state index contributed by atoms with van der Waals surface area (Å²) >= 11 is 1.79. The second kappa shape index (κ2) is 9.55. The molecule has 0 spiro atoms. The minimum absolute atomic E-state index is 0.00742. The monoisotopic (exact) mass is 476 g/mol. The van der Waals surface area contributed by atoms with Gasteiger partial charge >= 0.3 is 0 Å². The SMILES string of the molecule is CCC1(C)CC(=O)N(CCCN2CCN(C3=Nc4ccccc4Sc4ccccc43)CC2)C1=O. The molecule has 7 heteroatoms. The number of hydrogen-bond donors (Lipinski definition) is 0. The van der Waals surface area contributed by atoms with Gasteiger partial charge in [0.25, 0.3) is 0 Å². The summed E-state index contributed by atoms with van der Waals surface area (Å²) in [6.45, 7) is 9.05. The lowest BCUT2D eigenvalue weighted by Gasteiger charge is -2.37. The van der Waals surface area contributed by atoms with Crippen LogP contribution in [0.25, 0.3) is 0 Å². The zero-order chi connectivity index (χ0) is 23.7. The fourth-order valence-corrected chi connectivity index (χ4v) is 6.01. The van der Waals surface area contributed by atoms with Crippen LogP contribution in [0, 0.1) is 5.41 Å². The lowest BCUT2D eigenvalue weighted by molar-refractivity contribution is -0.141. The number of carbonyl (C=O) groups is 2. The minimum Gasteiger partial charge on any atom is -0.354 e. The lowest BCUT2D eigenvalue weighted by atomic mass is 9.86. The van der Waals surface area contributed by atoms with Crippen LogP contribution in [0.2, 0.25) is 0 Å². The Morgan fingerprint density at radius 1 is 0.941 bits per heavy atom. The van der Waals surface area contributed by atoms with Crippen molar-refractivity contribution in [2.24, 2.45) is 10.4 Å². The molecule has 2 aromatic rings. The number of rotatable bonds is 5. The summed E-state index contributed by atoms with van der Waals surface area (Å²) in [7, 11) is 0. The van der Waals surface area contributed by atoms with Gasteiger partial charge in [-0.25, -0.2) is 4.99 Å². The molecule has 3 aliphatic rings. The van der Waals surface area contributed by atoms with Gasteiger partial charge in [-0.2, -0.15) is 0 Å². The van der Waals surface area contributed by atoms with E-state index >= 15 is 0 Å². The maximum Gasteiger partial charge on any atom is 0.235 e. The zero-order valence-electron chi connectivity index (χ0n) is 20.0. The predicted octanol–water partition coefficient (Wildman–Crippen LogP) is 4.41. The normalized spacial score (nSPS) is 22.9. The summed E-state index contributed by atoms with van der Waals surface area (Å²) in [5.74, 6) is 1.05. The van der Waals surface area contributed by atoms with E-state index in [4.69, 9.17) is 4.99 Å². The molecule has 1 unspecified atom stereocenters. The largest absolute Gasteiger partial charge is 0.354 e. The van der Waals surface area contributed by atoms with Crippen molar-refractivity contribution < 1.29 is 9.59 Å². The smallest absolute Gasteiger partial charge is 0.235 e. The highest BCUT2D eigenvalue weighted by Gasteiger charge is 2.46. The Morgan fingerprint density at radius 3 is 2.38 bits per heavy atom. The molecule has 1 atom stereocenters. The molecule has 0 aromatic heterocycles. The molecular formula is C27H32N4O2S. The van der Waals surface area contributed by atoms with Crippen LogP contribution < -0.4 is 0 Å². The molecule has 3 heterocycles. The highest BCUT2D eigenvalue weighted by Crippen LogP contribution is 2.40. The molecule has 0 aliphatic carbocycles.